The maximum absolute atomic E-state index is 9.90. The van der Waals surface area contributed by atoms with E-state index in [-0.39, 0.29) is 31.6 Å². The molecule has 0 aliphatic heterocycles. The number of rotatable bonds is 2. The second-order valence-corrected chi connectivity index (χ2v) is 6.71. The van der Waals surface area contributed by atoms with Gasteiger partial charge in [0, 0.05) is 5.41 Å². The van der Waals surface area contributed by atoms with E-state index in [0.717, 1.165) is 0 Å². The third-order valence-corrected chi connectivity index (χ3v) is 4.86. The van der Waals surface area contributed by atoms with Crippen LogP contribution in [0, 0.1) is 0 Å². The van der Waals surface area contributed by atoms with E-state index in [4.69, 9.17) is 46.4 Å². The summed E-state index contributed by atoms with van der Waals surface area (Å²) in [5.74, 6) is -0.364. The Bertz CT molecular complexity index is 652. The molecule has 0 atom stereocenters. The van der Waals surface area contributed by atoms with Gasteiger partial charge in [-0.15, -0.1) is 0 Å². The lowest BCUT2D eigenvalue weighted by molar-refractivity contribution is 0.470. The monoisotopic (exact) mass is 364 g/mol. The highest BCUT2D eigenvalue weighted by atomic mass is 35.5. The molecule has 0 aliphatic rings. The highest BCUT2D eigenvalue weighted by Gasteiger charge is 2.31. The van der Waals surface area contributed by atoms with Crippen LogP contribution in [-0.2, 0) is 5.41 Å². The Labute approximate surface area is 142 Å². The summed E-state index contributed by atoms with van der Waals surface area (Å²) in [5, 5.41) is 20.4. The standard InChI is InChI=1S/C15H12Cl4O2/c1-15(2,7-3-5-9(16)13(20)11(7)18)8-4-6-10(17)14(21)12(8)19/h3-6,20-21H,1-2H3. The highest BCUT2D eigenvalue weighted by Crippen LogP contribution is 2.46. The lowest BCUT2D eigenvalue weighted by Crippen LogP contribution is -2.20. The van der Waals surface area contributed by atoms with Gasteiger partial charge in [-0.25, -0.2) is 0 Å². The molecule has 21 heavy (non-hydrogen) atoms. The smallest absolute Gasteiger partial charge is 0.153 e. The molecule has 0 spiro atoms. The summed E-state index contributed by atoms with van der Waals surface area (Å²) in [6.07, 6.45) is 0. The first-order valence-electron chi connectivity index (χ1n) is 6.02. The van der Waals surface area contributed by atoms with Crippen LogP contribution in [0.15, 0.2) is 24.3 Å². The molecule has 0 unspecified atom stereocenters. The molecule has 112 valence electrons. The number of phenols is 2. The lowest BCUT2D eigenvalue weighted by atomic mass is 9.78. The molecule has 0 amide bonds. The number of benzene rings is 2. The number of hydrogen-bond donors (Lipinski definition) is 2. The van der Waals surface area contributed by atoms with Crippen LogP contribution in [0.3, 0.4) is 0 Å². The van der Waals surface area contributed by atoms with Crippen molar-refractivity contribution in [1.82, 2.24) is 0 Å². The summed E-state index contributed by atoms with van der Waals surface area (Å²) < 4.78 is 0. The molecule has 0 bridgehead atoms. The summed E-state index contributed by atoms with van der Waals surface area (Å²) >= 11 is 24.1. The molecule has 2 aromatic carbocycles. The van der Waals surface area contributed by atoms with Crippen molar-refractivity contribution in [1.29, 1.82) is 0 Å². The second kappa shape index (κ2) is 5.77. The van der Waals surface area contributed by atoms with E-state index in [1.807, 2.05) is 13.8 Å². The van der Waals surface area contributed by atoms with E-state index < -0.39 is 5.41 Å². The minimum atomic E-state index is -0.668. The van der Waals surface area contributed by atoms with Crippen molar-refractivity contribution in [2.45, 2.75) is 19.3 Å². The van der Waals surface area contributed by atoms with Gasteiger partial charge in [0.25, 0.3) is 0 Å². The van der Waals surface area contributed by atoms with Crippen molar-refractivity contribution in [2.24, 2.45) is 0 Å². The van der Waals surface area contributed by atoms with Crippen molar-refractivity contribution in [3.8, 4) is 11.5 Å². The summed E-state index contributed by atoms with van der Waals surface area (Å²) in [6.45, 7) is 3.74. The maximum Gasteiger partial charge on any atom is 0.153 e. The van der Waals surface area contributed by atoms with E-state index in [1.54, 1.807) is 24.3 Å². The van der Waals surface area contributed by atoms with Gasteiger partial charge in [-0.2, -0.15) is 0 Å². The molecular weight excluding hydrogens is 354 g/mol. The molecule has 0 heterocycles. The van der Waals surface area contributed by atoms with Crippen molar-refractivity contribution >= 4 is 46.4 Å². The Kier molecular flexibility index (Phi) is 4.55. The average Bonchev–Trinajstić information content (AvgIpc) is 2.41. The quantitative estimate of drug-likeness (QED) is 0.681. The number of halogens is 4. The highest BCUT2D eigenvalue weighted by molar-refractivity contribution is 6.38. The molecule has 2 aromatic rings. The Hall–Kier alpha value is -0.800. The first kappa shape index (κ1) is 16.6. The first-order chi connectivity index (χ1) is 9.67. The summed E-state index contributed by atoms with van der Waals surface area (Å²) in [5.41, 5.74) is 0.600. The average molecular weight is 366 g/mol. The van der Waals surface area contributed by atoms with Crippen LogP contribution in [-0.4, -0.2) is 10.2 Å². The largest absolute Gasteiger partial charge is 0.505 e. The van der Waals surface area contributed by atoms with E-state index >= 15 is 0 Å². The molecule has 0 saturated heterocycles. The van der Waals surface area contributed by atoms with Crippen LogP contribution in [0.4, 0.5) is 0 Å². The zero-order valence-electron chi connectivity index (χ0n) is 11.2. The fraction of sp³-hybridized carbons (Fsp3) is 0.200. The molecule has 0 aliphatic carbocycles. The van der Waals surface area contributed by atoms with E-state index in [2.05, 4.69) is 0 Å². The normalized spacial score (nSPS) is 11.7. The van der Waals surface area contributed by atoms with E-state index in [9.17, 15) is 10.2 Å². The molecule has 0 aromatic heterocycles. The number of aromatic hydroxyl groups is 2. The predicted octanol–water partition coefficient (Wildman–Crippen LogP) is 6.04. The third kappa shape index (κ3) is 2.78. The molecule has 2 nitrogen and oxygen atoms in total. The Morgan fingerprint density at radius 1 is 0.714 bits per heavy atom. The molecular formula is C15H12Cl4O2. The minimum Gasteiger partial charge on any atom is -0.505 e. The minimum absolute atomic E-state index is 0.151. The Morgan fingerprint density at radius 2 is 1.05 bits per heavy atom. The van der Waals surface area contributed by atoms with E-state index in [1.165, 1.54) is 0 Å². The zero-order chi connectivity index (χ0) is 15.9. The summed E-state index contributed by atoms with van der Waals surface area (Å²) in [4.78, 5) is 0. The fourth-order valence-electron chi connectivity index (χ4n) is 2.19. The van der Waals surface area contributed by atoms with Crippen molar-refractivity contribution in [3.63, 3.8) is 0 Å². The van der Waals surface area contributed by atoms with Crippen molar-refractivity contribution < 1.29 is 10.2 Å². The van der Waals surface area contributed by atoms with Crippen LogP contribution in [0.25, 0.3) is 0 Å². The van der Waals surface area contributed by atoms with Crippen molar-refractivity contribution in [2.75, 3.05) is 0 Å². The van der Waals surface area contributed by atoms with Crippen LogP contribution >= 0.6 is 46.4 Å². The molecule has 2 N–H and O–H groups in total. The van der Waals surface area contributed by atoms with Gasteiger partial charge in [0.1, 0.15) is 0 Å². The maximum atomic E-state index is 9.90. The first-order valence-corrected chi connectivity index (χ1v) is 7.54. The fourth-order valence-corrected chi connectivity index (χ4v) is 3.41. The van der Waals surface area contributed by atoms with Gasteiger partial charge in [0.05, 0.1) is 20.1 Å². The van der Waals surface area contributed by atoms with Crippen molar-refractivity contribution in [3.05, 3.63) is 55.5 Å². The second-order valence-electron chi connectivity index (χ2n) is 5.14. The van der Waals surface area contributed by atoms with Gasteiger partial charge in [-0.05, 0) is 23.3 Å². The molecule has 0 saturated carbocycles. The van der Waals surface area contributed by atoms with Crippen LogP contribution in [0.1, 0.15) is 25.0 Å². The van der Waals surface area contributed by atoms with Gasteiger partial charge >= 0.3 is 0 Å². The predicted molar refractivity (Wildman–Crippen MR) is 88.4 cm³/mol. The van der Waals surface area contributed by atoms with Gasteiger partial charge in [-0.3, -0.25) is 0 Å². The van der Waals surface area contributed by atoms with Crippen LogP contribution in [0.2, 0.25) is 20.1 Å². The lowest BCUT2D eigenvalue weighted by Gasteiger charge is -2.29. The van der Waals surface area contributed by atoms with E-state index in [0.29, 0.717) is 11.1 Å². The Balaban J connectivity index is 2.68. The molecule has 0 fully saturated rings. The number of hydrogen-bond acceptors (Lipinski definition) is 2. The SMILES string of the molecule is CC(C)(c1ccc(Cl)c(O)c1Cl)c1ccc(Cl)c(O)c1Cl. The Morgan fingerprint density at radius 3 is 1.38 bits per heavy atom. The van der Waals surface area contributed by atoms with Gasteiger partial charge in [0.2, 0.25) is 0 Å². The van der Waals surface area contributed by atoms with Gasteiger partial charge < -0.3 is 10.2 Å². The third-order valence-electron chi connectivity index (χ3n) is 3.48. The summed E-state index contributed by atoms with van der Waals surface area (Å²) in [7, 11) is 0. The van der Waals surface area contributed by atoms with Crippen LogP contribution < -0.4 is 0 Å². The number of phenolic OH excluding ortho intramolecular Hbond substituents is 2. The summed E-state index contributed by atoms with van der Waals surface area (Å²) in [6, 6.07) is 6.55. The topological polar surface area (TPSA) is 40.5 Å². The molecule has 2 rings (SSSR count). The molecule has 0 radical (unpaired) electrons. The van der Waals surface area contributed by atoms with Gasteiger partial charge in [0.15, 0.2) is 11.5 Å². The van der Waals surface area contributed by atoms with Gasteiger partial charge in [-0.1, -0.05) is 72.4 Å². The molecule has 6 heteroatoms. The zero-order valence-corrected chi connectivity index (χ0v) is 14.2. The van der Waals surface area contributed by atoms with Crippen LogP contribution in [0.5, 0.6) is 11.5 Å².